The van der Waals surface area contributed by atoms with Crippen molar-refractivity contribution in [2.24, 2.45) is 0 Å². The van der Waals surface area contributed by atoms with Gasteiger partial charge in [-0.05, 0) is 42.7 Å². The van der Waals surface area contributed by atoms with Crippen LogP contribution in [0.3, 0.4) is 0 Å². The summed E-state index contributed by atoms with van der Waals surface area (Å²) in [6.45, 7) is 0. The lowest BCUT2D eigenvalue weighted by atomic mass is 10.2. The Bertz CT molecular complexity index is 1170. The molecule has 0 atom stereocenters. The van der Waals surface area contributed by atoms with Crippen LogP contribution in [0.5, 0.6) is 0 Å². The van der Waals surface area contributed by atoms with E-state index in [0.29, 0.717) is 21.7 Å². The molecule has 3 aromatic rings. The van der Waals surface area contributed by atoms with E-state index < -0.39 is 10.0 Å². The summed E-state index contributed by atoms with van der Waals surface area (Å²) in [7, 11) is -0.387. The zero-order chi connectivity index (χ0) is 22.0. The van der Waals surface area contributed by atoms with Gasteiger partial charge in [-0.1, -0.05) is 60.5 Å². The maximum atomic E-state index is 12.5. The molecule has 0 bridgehead atoms. The van der Waals surface area contributed by atoms with E-state index in [2.05, 4.69) is 14.8 Å². The minimum atomic E-state index is -3.46. The van der Waals surface area contributed by atoms with Gasteiger partial charge in [0, 0.05) is 31.5 Å². The number of benzene rings is 2. The molecular weight excluding hydrogens is 452 g/mol. The van der Waals surface area contributed by atoms with Crippen molar-refractivity contribution in [3.8, 4) is 11.4 Å². The number of hydrogen-bond donors (Lipinski definition) is 0. The quantitative estimate of drug-likeness (QED) is 0.435. The summed E-state index contributed by atoms with van der Waals surface area (Å²) in [6, 6.07) is 15.1. The third-order valence-corrected chi connectivity index (χ3v) is 8.67. The fourth-order valence-corrected chi connectivity index (χ4v) is 5.99. The molecule has 9 heteroatoms. The van der Waals surface area contributed by atoms with Gasteiger partial charge >= 0.3 is 0 Å². The van der Waals surface area contributed by atoms with E-state index in [9.17, 15) is 8.42 Å². The Hall–Kier alpha value is -1.87. The summed E-state index contributed by atoms with van der Waals surface area (Å²) < 4.78 is 28.4. The maximum absolute atomic E-state index is 12.5. The summed E-state index contributed by atoms with van der Waals surface area (Å²) in [6.07, 6.45) is 4.58. The summed E-state index contributed by atoms with van der Waals surface area (Å²) in [5.41, 5.74) is 1.81. The highest BCUT2D eigenvalue weighted by Crippen LogP contribution is 2.38. The van der Waals surface area contributed by atoms with E-state index in [1.165, 1.54) is 31.2 Å². The Morgan fingerprint density at radius 2 is 1.84 bits per heavy atom. The van der Waals surface area contributed by atoms with Crippen LogP contribution in [-0.4, -0.2) is 41.6 Å². The molecule has 1 aromatic heterocycles. The first-order chi connectivity index (χ1) is 14.9. The Morgan fingerprint density at radius 3 is 2.55 bits per heavy atom. The molecule has 6 nitrogen and oxygen atoms in total. The highest BCUT2D eigenvalue weighted by atomic mass is 35.5. The topological polar surface area (TPSA) is 68.1 Å². The zero-order valence-corrected chi connectivity index (χ0v) is 19.9. The van der Waals surface area contributed by atoms with Crippen LogP contribution in [-0.2, 0) is 15.8 Å². The minimum Gasteiger partial charge on any atom is -0.299 e. The highest BCUT2D eigenvalue weighted by Gasteiger charge is 2.26. The molecule has 0 unspecified atom stereocenters. The van der Waals surface area contributed by atoms with E-state index in [-0.39, 0.29) is 0 Å². The van der Waals surface area contributed by atoms with Crippen LogP contribution in [0.15, 0.2) is 58.6 Å². The summed E-state index contributed by atoms with van der Waals surface area (Å²) in [4.78, 5) is 0.296. The average molecular weight is 477 g/mol. The van der Waals surface area contributed by atoms with Gasteiger partial charge < -0.3 is 0 Å². The molecule has 1 aliphatic rings. The lowest BCUT2D eigenvalue weighted by Gasteiger charge is -2.17. The molecule has 164 valence electrons. The number of rotatable bonds is 7. The smallest absolute Gasteiger partial charge is 0.242 e. The minimum absolute atomic E-state index is 0.296. The molecule has 0 aliphatic heterocycles. The first-order valence-corrected chi connectivity index (χ1v) is 13.0. The fraction of sp³-hybridized carbons (Fsp3) is 0.364. The second kappa shape index (κ2) is 9.32. The Balaban J connectivity index is 1.63. The molecule has 0 amide bonds. The number of sulfonamides is 1. The third-order valence-electron chi connectivity index (χ3n) is 5.51. The van der Waals surface area contributed by atoms with Crippen LogP contribution in [0.2, 0.25) is 5.02 Å². The number of thioether (sulfide) groups is 1. The van der Waals surface area contributed by atoms with Crippen molar-refractivity contribution in [1.29, 1.82) is 0 Å². The third kappa shape index (κ3) is 4.67. The molecule has 0 N–H and O–H groups in total. The molecule has 0 spiro atoms. The van der Waals surface area contributed by atoms with Gasteiger partial charge in [0.2, 0.25) is 10.0 Å². The first kappa shape index (κ1) is 22.3. The normalized spacial score (nSPS) is 15.1. The number of halogens is 1. The SMILES string of the molecule is CN(C)S(=O)(=O)c1cccc(CSc2nnc(-c3ccccc3Cl)n2C2CCCC2)c1. The van der Waals surface area contributed by atoms with Crippen LogP contribution in [0.1, 0.15) is 37.3 Å². The van der Waals surface area contributed by atoms with Crippen molar-refractivity contribution in [2.45, 2.75) is 47.5 Å². The molecule has 1 heterocycles. The van der Waals surface area contributed by atoms with Crippen LogP contribution >= 0.6 is 23.4 Å². The van der Waals surface area contributed by atoms with Gasteiger partial charge in [0.05, 0.1) is 9.92 Å². The van der Waals surface area contributed by atoms with Crippen molar-refractivity contribution in [1.82, 2.24) is 19.1 Å². The molecule has 4 rings (SSSR count). The highest BCUT2D eigenvalue weighted by molar-refractivity contribution is 7.98. The van der Waals surface area contributed by atoms with E-state index >= 15 is 0 Å². The van der Waals surface area contributed by atoms with Gasteiger partial charge in [0.15, 0.2) is 11.0 Å². The molecule has 31 heavy (non-hydrogen) atoms. The van der Waals surface area contributed by atoms with E-state index in [1.54, 1.807) is 30.0 Å². The predicted octanol–water partition coefficient (Wildman–Crippen LogP) is 5.26. The number of hydrogen-bond acceptors (Lipinski definition) is 5. The van der Waals surface area contributed by atoms with Gasteiger partial charge in [-0.25, -0.2) is 12.7 Å². The van der Waals surface area contributed by atoms with E-state index in [0.717, 1.165) is 34.9 Å². The van der Waals surface area contributed by atoms with Gasteiger partial charge in [-0.3, -0.25) is 4.57 Å². The van der Waals surface area contributed by atoms with Crippen molar-refractivity contribution >= 4 is 33.4 Å². The van der Waals surface area contributed by atoms with Crippen molar-refractivity contribution in [2.75, 3.05) is 14.1 Å². The Morgan fingerprint density at radius 1 is 1.10 bits per heavy atom. The largest absolute Gasteiger partial charge is 0.299 e. The van der Waals surface area contributed by atoms with E-state index in [1.807, 2.05) is 30.3 Å². The summed E-state index contributed by atoms with van der Waals surface area (Å²) in [5, 5.41) is 10.5. The standard InChI is InChI=1S/C22H25ClN4O2S2/c1-26(2)31(28,29)18-11-7-8-16(14-18)15-30-22-25-24-21(19-12-5-6-13-20(19)23)27(22)17-9-3-4-10-17/h5-8,11-14,17H,3-4,9-10,15H2,1-2H3. The van der Waals surface area contributed by atoms with E-state index in [4.69, 9.17) is 11.6 Å². The van der Waals surface area contributed by atoms with Crippen molar-refractivity contribution in [3.63, 3.8) is 0 Å². The molecule has 0 radical (unpaired) electrons. The van der Waals surface area contributed by atoms with Gasteiger partial charge in [-0.15, -0.1) is 10.2 Å². The van der Waals surface area contributed by atoms with Crippen LogP contribution in [0.4, 0.5) is 0 Å². The Labute approximate surface area is 192 Å². The molecule has 1 fully saturated rings. The monoisotopic (exact) mass is 476 g/mol. The van der Waals surface area contributed by atoms with Crippen LogP contribution in [0, 0.1) is 0 Å². The van der Waals surface area contributed by atoms with Gasteiger partial charge in [0.1, 0.15) is 0 Å². The Kier molecular flexibility index (Phi) is 6.71. The second-order valence-electron chi connectivity index (χ2n) is 7.82. The molecule has 1 aliphatic carbocycles. The molecule has 1 saturated carbocycles. The van der Waals surface area contributed by atoms with Crippen LogP contribution in [0.25, 0.3) is 11.4 Å². The predicted molar refractivity (Wildman–Crippen MR) is 125 cm³/mol. The lowest BCUT2D eigenvalue weighted by Crippen LogP contribution is -2.22. The molecule has 0 saturated heterocycles. The van der Waals surface area contributed by atoms with Gasteiger partial charge in [-0.2, -0.15) is 0 Å². The summed E-state index contributed by atoms with van der Waals surface area (Å²) in [5.74, 6) is 1.40. The summed E-state index contributed by atoms with van der Waals surface area (Å²) >= 11 is 8.03. The van der Waals surface area contributed by atoms with Crippen molar-refractivity contribution in [3.05, 3.63) is 59.1 Å². The van der Waals surface area contributed by atoms with Crippen LogP contribution < -0.4 is 0 Å². The molecule has 2 aromatic carbocycles. The second-order valence-corrected chi connectivity index (χ2v) is 11.3. The van der Waals surface area contributed by atoms with Gasteiger partial charge in [0.25, 0.3) is 0 Å². The first-order valence-electron chi connectivity index (χ1n) is 10.2. The fourth-order valence-electron chi connectivity index (χ4n) is 3.85. The maximum Gasteiger partial charge on any atom is 0.242 e. The number of nitrogens with zero attached hydrogens (tertiary/aromatic N) is 4. The zero-order valence-electron chi connectivity index (χ0n) is 17.5. The van der Waals surface area contributed by atoms with Crippen molar-refractivity contribution < 1.29 is 8.42 Å². The average Bonchev–Trinajstić information content (AvgIpc) is 3.42. The number of aromatic nitrogens is 3. The molecular formula is C22H25ClN4O2S2. The lowest BCUT2D eigenvalue weighted by molar-refractivity contribution is 0.485.